The van der Waals surface area contributed by atoms with E-state index in [0.717, 1.165) is 54.2 Å². The smallest absolute Gasteiger partial charge is 0.335 e. The Kier molecular flexibility index (Phi) is 12.3. The topological polar surface area (TPSA) is 40.5 Å². The lowest BCUT2D eigenvalue weighted by molar-refractivity contribution is 0.0697. The van der Waals surface area contributed by atoms with Gasteiger partial charge in [0, 0.05) is 35.8 Å². The molecule has 4 aromatic rings. The molecule has 4 aromatic carbocycles. The van der Waals surface area contributed by atoms with Crippen LogP contribution in [-0.4, -0.2) is 22.5 Å². The molecule has 0 aliphatic carbocycles. The van der Waals surface area contributed by atoms with Crippen LogP contribution >= 0.6 is 24.0 Å². The van der Waals surface area contributed by atoms with E-state index in [2.05, 4.69) is 84.3 Å². The second-order valence-electron chi connectivity index (χ2n) is 9.84. The highest BCUT2D eigenvalue weighted by Gasteiger charge is 2.10. The van der Waals surface area contributed by atoms with Crippen LogP contribution < -0.4 is 0 Å². The summed E-state index contributed by atoms with van der Waals surface area (Å²) in [4.78, 5) is 13.6. The van der Waals surface area contributed by atoms with E-state index in [9.17, 15) is 9.90 Å². The van der Waals surface area contributed by atoms with Crippen LogP contribution in [0.25, 0.3) is 0 Å². The predicted octanol–water partition coefficient (Wildman–Crippen LogP) is 8.45. The van der Waals surface area contributed by atoms with Crippen molar-refractivity contribution in [3.8, 4) is 11.8 Å². The Bertz CT molecular complexity index is 1400. The third kappa shape index (κ3) is 9.88. The molecule has 0 aliphatic rings. The molecule has 0 saturated heterocycles. The Labute approximate surface area is 249 Å². The van der Waals surface area contributed by atoms with Gasteiger partial charge in [-0.1, -0.05) is 85.3 Å². The van der Waals surface area contributed by atoms with Crippen LogP contribution in [0.4, 0.5) is 0 Å². The molecule has 1 N–H and O–H groups in total. The lowest BCUT2D eigenvalue weighted by Crippen LogP contribution is -2.25. The van der Waals surface area contributed by atoms with Crippen molar-refractivity contribution in [2.45, 2.75) is 45.7 Å². The van der Waals surface area contributed by atoms with Gasteiger partial charge < -0.3 is 5.11 Å². The number of aryl methyl sites for hydroxylation is 1. The summed E-state index contributed by atoms with van der Waals surface area (Å²) in [6.07, 6.45) is 4.44. The van der Waals surface area contributed by atoms with Crippen LogP contribution in [0.3, 0.4) is 0 Å². The lowest BCUT2D eigenvalue weighted by Gasteiger charge is -2.23. The second-order valence-corrected chi connectivity index (χ2v) is 10.3. The summed E-state index contributed by atoms with van der Waals surface area (Å²) in [5, 5.41) is 9.95. The first kappa shape index (κ1) is 31.0. The van der Waals surface area contributed by atoms with Gasteiger partial charge >= 0.3 is 5.97 Å². The SMILES string of the molecule is CCCCc1ccc(C#Cc2ccc(CN(CCc3ccc(Cl)cc3)Cc3ccc(C(=O)O)cc3)cc2)cc1.Cl. The molecule has 0 bridgehead atoms. The van der Waals surface area contributed by atoms with Crippen LogP contribution in [-0.2, 0) is 25.9 Å². The molecular weight excluding hydrogens is 537 g/mol. The molecule has 3 nitrogen and oxygen atoms in total. The summed E-state index contributed by atoms with van der Waals surface area (Å²) in [6.45, 7) is 4.58. The first-order chi connectivity index (χ1) is 19.0. The van der Waals surface area contributed by atoms with Crippen molar-refractivity contribution in [2.24, 2.45) is 0 Å². The maximum atomic E-state index is 11.2. The van der Waals surface area contributed by atoms with E-state index in [4.69, 9.17) is 11.6 Å². The summed E-state index contributed by atoms with van der Waals surface area (Å²) in [5.74, 6) is 5.66. The van der Waals surface area contributed by atoms with Crippen molar-refractivity contribution in [1.82, 2.24) is 4.90 Å². The zero-order valence-electron chi connectivity index (χ0n) is 22.8. The zero-order chi connectivity index (χ0) is 27.5. The minimum absolute atomic E-state index is 0. The van der Waals surface area contributed by atoms with Gasteiger partial charge in [0.25, 0.3) is 0 Å². The normalized spacial score (nSPS) is 10.5. The van der Waals surface area contributed by atoms with Crippen LogP contribution in [0, 0.1) is 11.8 Å². The molecule has 4 rings (SSSR count). The minimum Gasteiger partial charge on any atom is -0.478 e. The van der Waals surface area contributed by atoms with E-state index in [1.165, 1.54) is 29.5 Å². The highest BCUT2D eigenvalue weighted by atomic mass is 35.5. The summed E-state index contributed by atoms with van der Waals surface area (Å²) in [5.41, 5.74) is 7.21. The fourth-order valence-corrected chi connectivity index (χ4v) is 4.52. The third-order valence-corrected chi connectivity index (χ3v) is 6.97. The van der Waals surface area contributed by atoms with E-state index in [1.807, 2.05) is 24.3 Å². The van der Waals surface area contributed by atoms with Gasteiger partial charge in [0.2, 0.25) is 0 Å². The average Bonchev–Trinajstić information content (AvgIpc) is 2.96. The highest BCUT2D eigenvalue weighted by molar-refractivity contribution is 6.30. The molecule has 0 aromatic heterocycles. The third-order valence-electron chi connectivity index (χ3n) is 6.72. The van der Waals surface area contributed by atoms with E-state index < -0.39 is 5.97 Å². The Balaban J connectivity index is 0.00000441. The number of benzene rings is 4. The van der Waals surface area contributed by atoms with E-state index in [-0.39, 0.29) is 12.4 Å². The molecule has 0 saturated carbocycles. The van der Waals surface area contributed by atoms with Crippen molar-refractivity contribution in [3.05, 3.63) is 141 Å². The first-order valence-electron chi connectivity index (χ1n) is 13.5. The summed E-state index contributed by atoms with van der Waals surface area (Å²) in [7, 11) is 0. The lowest BCUT2D eigenvalue weighted by atomic mass is 10.1. The minimum atomic E-state index is -0.909. The van der Waals surface area contributed by atoms with Gasteiger partial charge in [-0.05, 0) is 90.0 Å². The Hall–Kier alpha value is -3.55. The maximum absolute atomic E-state index is 11.2. The van der Waals surface area contributed by atoms with Gasteiger partial charge in [-0.2, -0.15) is 0 Å². The molecule has 0 spiro atoms. The molecule has 0 radical (unpaired) electrons. The van der Waals surface area contributed by atoms with E-state index in [1.54, 1.807) is 12.1 Å². The zero-order valence-corrected chi connectivity index (χ0v) is 24.3. The largest absolute Gasteiger partial charge is 0.478 e. The second kappa shape index (κ2) is 15.9. The van der Waals surface area contributed by atoms with Crippen molar-refractivity contribution < 1.29 is 9.90 Å². The Morgan fingerprint density at radius 2 is 1.15 bits per heavy atom. The fourth-order valence-electron chi connectivity index (χ4n) is 4.39. The number of unbranched alkanes of at least 4 members (excludes halogenated alkanes) is 1. The molecule has 0 heterocycles. The van der Waals surface area contributed by atoms with E-state index >= 15 is 0 Å². The van der Waals surface area contributed by atoms with Crippen LogP contribution in [0.5, 0.6) is 0 Å². The number of nitrogens with zero attached hydrogens (tertiary/aromatic N) is 1. The summed E-state index contributed by atoms with van der Waals surface area (Å²) >= 11 is 6.05. The van der Waals surface area contributed by atoms with Crippen LogP contribution in [0.1, 0.15) is 63.5 Å². The number of hydrogen-bond acceptors (Lipinski definition) is 2. The quantitative estimate of drug-likeness (QED) is 0.183. The van der Waals surface area contributed by atoms with Crippen molar-refractivity contribution in [1.29, 1.82) is 0 Å². The van der Waals surface area contributed by atoms with Gasteiger partial charge in [0.15, 0.2) is 0 Å². The molecule has 206 valence electrons. The molecule has 5 heteroatoms. The number of aromatic carboxylic acids is 1. The van der Waals surface area contributed by atoms with Gasteiger partial charge in [0.1, 0.15) is 0 Å². The number of hydrogen-bond donors (Lipinski definition) is 1. The fraction of sp³-hybridized carbons (Fsp3) is 0.229. The molecule has 0 amide bonds. The number of carboxylic acid groups (broad SMARTS) is 1. The van der Waals surface area contributed by atoms with Crippen molar-refractivity contribution >= 4 is 30.0 Å². The average molecular weight is 573 g/mol. The van der Waals surface area contributed by atoms with Crippen molar-refractivity contribution in [2.75, 3.05) is 6.54 Å². The predicted molar refractivity (Wildman–Crippen MR) is 167 cm³/mol. The Morgan fingerprint density at radius 1 is 0.700 bits per heavy atom. The molecule has 0 aliphatic heterocycles. The molecule has 0 fully saturated rings. The van der Waals surface area contributed by atoms with Gasteiger partial charge in [-0.15, -0.1) is 12.4 Å². The first-order valence-corrected chi connectivity index (χ1v) is 13.9. The van der Waals surface area contributed by atoms with Gasteiger partial charge in [-0.25, -0.2) is 4.79 Å². The van der Waals surface area contributed by atoms with E-state index in [0.29, 0.717) is 5.56 Å². The number of rotatable bonds is 11. The molecular formula is C35H35Cl2NO2. The van der Waals surface area contributed by atoms with Crippen LogP contribution in [0.2, 0.25) is 5.02 Å². The number of halogens is 2. The van der Waals surface area contributed by atoms with Crippen molar-refractivity contribution in [3.63, 3.8) is 0 Å². The van der Waals surface area contributed by atoms with Gasteiger partial charge in [-0.3, -0.25) is 4.90 Å². The maximum Gasteiger partial charge on any atom is 0.335 e. The Morgan fingerprint density at radius 3 is 1.65 bits per heavy atom. The summed E-state index contributed by atoms with van der Waals surface area (Å²) < 4.78 is 0. The van der Waals surface area contributed by atoms with Crippen LogP contribution in [0.15, 0.2) is 97.1 Å². The van der Waals surface area contributed by atoms with Gasteiger partial charge in [0.05, 0.1) is 5.56 Å². The number of carboxylic acids is 1. The number of carbonyl (C=O) groups is 1. The summed E-state index contributed by atoms with van der Waals surface area (Å²) in [6, 6.07) is 32.1. The monoisotopic (exact) mass is 571 g/mol. The molecule has 0 atom stereocenters. The molecule has 40 heavy (non-hydrogen) atoms. The standard InChI is InChI=1S/C35H34ClNO2.ClH/c1-2-3-4-27-5-7-28(8-6-27)9-10-29-11-13-31(14-12-29)25-37(24-23-30-17-21-34(36)22-18-30)26-32-15-19-33(20-16-32)35(38)39;/h5-8,11-22H,2-4,23-26H2,1H3,(H,38,39);1H. The molecule has 0 unspecified atom stereocenters. The highest BCUT2D eigenvalue weighted by Crippen LogP contribution is 2.15.